The van der Waals surface area contributed by atoms with Crippen LogP contribution in [0.25, 0.3) is 10.2 Å². The summed E-state index contributed by atoms with van der Waals surface area (Å²) in [6.07, 6.45) is 0. The van der Waals surface area contributed by atoms with E-state index in [0.717, 1.165) is 20.2 Å². The van der Waals surface area contributed by atoms with Crippen molar-refractivity contribution < 1.29 is 0 Å². The molecule has 0 aliphatic heterocycles. The van der Waals surface area contributed by atoms with Gasteiger partial charge in [0.15, 0.2) is 0 Å². The van der Waals surface area contributed by atoms with Crippen molar-refractivity contribution in [2.45, 2.75) is 26.2 Å². The number of halogens is 1. The predicted molar refractivity (Wildman–Crippen MR) is 71.4 cm³/mol. The zero-order chi connectivity index (χ0) is 11.9. The second-order valence-corrected chi connectivity index (χ2v) is 6.14. The van der Waals surface area contributed by atoms with Gasteiger partial charge in [-0.15, -0.1) is 11.3 Å². The molecule has 86 valence electrons. The van der Waals surface area contributed by atoms with E-state index < -0.39 is 0 Å². The Labute approximate surface area is 104 Å². The molecular formula is C12H15ClN2S. The molecule has 0 aliphatic rings. The lowest BCUT2D eigenvalue weighted by atomic mass is 9.95. The van der Waals surface area contributed by atoms with Gasteiger partial charge in [0.05, 0.1) is 9.72 Å². The molecular weight excluding hydrogens is 240 g/mol. The van der Waals surface area contributed by atoms with E-state index in [0.29, 0.717) is 6.54 Å². The highest BCUT2D eigenvalue weighted by molar-refractivity contribution is 7.18. The molecule has 0 saturated heterocycles. The van der Waals surface area contributed by atoms with Crippen molar-refractivity contribution in [1.29, 1.82) is 0 Å². The van der Waals surface area contributed by atoms with Crippen LogP contribution in [0.4, 0.5) is 0 Å². The molecule has 1 aromatic carbocycles. The zero-order valence-corrected chi connectivity index (χ0v) is 11.2. The molecule has 4 heteroatoms. The second kappa shape index (κ2) is 3.99. The third kappa shape index (κ3) is 1.95. The number of rotatable bonds is 2. The molecule has 16 heavy (non-hydrogen) atoms. The van der Waals surface area contributed by atoms with Gasteiger partial charge in [0.2, 0.25) is 0 Å². The van der Waals surface area contributed by atoms with Crippen LogP contribution in [0.1, 0.15) is 24.4 Å². The number of benzene rings is 1. The number of hydrogen-bond donors (Lipinski definition) is 1. The first kappa shape index (κ1) is 11.8. The van der Waals surface area contributed by atoms with E-state index in [9.17, 15) is 0 Å². The van der Waals surface area contributed by atoms with E-state index in [-0.39, 0.29) is 5.41 Å². The lowest BCUT2D eigenvalue weighted by Crippen LogP contribution is -2.27. The van der Waals surface area contributed by atoms with Gasteiger partial charge in [-0.1, -0.05) is 25.4 Å². The highest BCUT2D eigenvalue weighted by Crippen LogP contribution is 2.34. The van der Waals surface area contributed by atoms with Crippen LogP contribution >= 0.6 is 22.9 Å². The Morgan fingerprint density at radius 2 is 2.12 bits per heavy atom. The topological polar surface area (TPSA) is 38.9 Å². The van der Waals surface area contributed by atoms with E-state index >= 15 is 0 Å². The molecule has 0 saturated carbocycles. The van der Waals surface area contributed by atoms with Crippen molar-refractivity contribution in [3.63, 3.8) is 0 Å². The maximum atomic E-state index is 6.18. The highest BCUT2D eigenvalue weighted by Gasteiger charge is 2.23. The summed E-state index contributed by atoms with van der Waals surface area (Å²) in [7, 11) is 0. The SMILES string of the molecule is Cc1cc(Cl)c2nc(C(C)(C)CN)sc2c1. The third-order valence-corrected chi connectivity index (χ3v) is 4.34. The quantitative estimate of drug-likeness (QED) is 0.891. The van der Waals surface area contributed by atoms with Gasteiger partial charge < -0.3 is 5.73 Å². The Morgan fingerprint density at radius 1 is 1.44 bits per heavy atom. The van der Waals surface area contributed by atoms with Crippen LogP contribution in [0.5, 0.6) is 0 Å². The summed E-state index contributed by atoms with van der Waals surface area (Å²) in [5.41, 5.74) is 7.74. The zero-order valence-electron chi connectivity index (χ0n) is 9.67. The Balaban J connectivity index is 2.65. The molecule has 0 radical (unpaired) electrons. The maximum absolute atomic E-state index is 6.18. The first-order valence-corrected chi connectivity index (χ1v) is 6.41. The van der Waals surface area contributed by atoms with Gasteiger partial charge in [-0.2, -0.15) is 0 Å². The van der Waals surface area contributed by atoms with Crippen LogP contribution < -0.4 is 5.73 Å². The average molecular weight is 255 g/mol. The standard InChI is InChI=1S/C12H15ClN2S/c1-7-4-8(13)10-9(5-7)16-11(15-10)12(2,3)6-14/h4-5H,6,14H2,1-3H3. The Morgan fingerprint density at radius 3 is 2.75 bits per heavy atom. The normalized spacial score (nSPS) is 12.3. The number of fused-ring (bicyclic) bond motifs is 1. The Kier molecular flexibility index (Phi) is 2.95. The minimum Gasteiger partial charge on any atom is -0.330 e. The van der Waals surface area contributed by atoms with Crippen LogP contribution in [0, 0.1) is 6.92 Å². The van der Waals surface area contributed by atoms with Crippen molar-refractivity contribution in [2.24, 2.45) is 5.73 Å². The fourth-order valence-corrected chi connectivity index (χ4v) is 3.07. The van der Waals surface area contributed by atoms with Crippen LogP contribution in [-0.4, -0.2) is 11.5 Å². The molecule has 2 rings (SSSR count). The smallest absolute Gasteiger partial charge is 0.101 e. The number of thiazole rings is 1. The number of hydrogen-bond acceptors (Lipinski definition) is 3. The van der Waals surface area contributed by atoms with Gasteiger partial charge in [0.1, 0.15) is 10.5 Å². The molecule has 0 spiro atoms. The number of nitrogens with zero attached hydrogens (tertiary/aromatic N) is 1. The molecule has 0 atom stereocenters. The van der Waals surface area contributed by atoms with Gasteiger partial charge in [-0.25, -0.2) is 4.98 Å². The molecule has 0 aliphatic carbocycles. The molecule has 2 N–H and O–H groups in total. The van der Waals surface area contributed by atoms with Gasteiger partial charge in [-0.3, -0.25) is 0 Å². The summed E-state index contributed by atoms with van der Waals surface area (Å²) < 4.78 is 1.14. The lowest BCUT2D eigenvalue weighted by molar-refractivity contribution is 0.536. The van der Waals surface area contributed by atoms with E-state index in [1.807, 2.05) is 13.0 Å². The number of aryl methyl sites for hydroxylation is 1. The van der Waals surface area contributed by atoms with Crippen LogP contribution in [0.3, 0.4) is 0 Å². The molecule has 2 nitrogen and oxygen atoms in total. The number of nitrogens with two attached hydrogens (primary N) is 1. The van der Waals surface area contributed by atoms with Crippen molar-refractivity contribution >= 4 is 33.2 Å². The van der Waals surface area contributed by atoms with Crippen molar-refractivity contribution in [2.75, 3.05) is 6.54 Å². The molecule has 0 amide bonds. The summed E-state index contributed by atoms with van der Waals surface area (Å²) in [4.78, 5) is 4.60. The fraction of sp³-hybridized carbons (Fsp3) is 0.417. The Bertz CT molecular complexity index is 531. The highest BCUT2D eigenvalue weighted by atomic mass is 35.5. The third-order valence-electron chi connectivity index (χ3n) is 2.68. The van der Waals surface area contributed by atoms with Gasteiger partial charge in [-0.05, 0) is 24.6 Å². The van der Waals surface area contributed by atoms with Gasteiger partial charge in [0, 0.05) is 12.0 Å². The van der Waals surface area contributed by atoms with Crippen LogP contribution in [-0.2, 0) is 5.41 Å². The van der Waals surface area contributed by atoms with Crippen LogP contribution in [0.15, 0.2) is 12.1 Å². The van der Waals surface area contributed by atoms with Crippen molar-refractivity contribution in [3.05, 3.63) is 27.7 Å². The fourth-order valence-electron chi connectivity index (χ4n) is 1.49. The largest absolute Gasteiger partial charge is 0.330 e. The number of aromatic nitrogens is 1. The second-order valence-electron chi connectivity index (χ2n) is 4.70. The van der Waals surface area contributed by atoms with E-state index in [4.69, 9.17) is 17.3 Å². The molecule has 0 unspecified atom stereocenters. The van der Waals surface area contributed by atoms with E-state index in [1.165, 1.54) is 5.56 Å². The first-order valence-electron chi connectivity index (χ1n) is 5.21. The molecule has 2 aromatic rings. The summed E-state index contributed by atoms with van der Waals surface area (Å²) in [5, 5.41) is 1.78. The Hall–Kier alpha value is -0.640. The monoisotopic (exact) mass is 254 g/mol. The molecule has 1 aromatic heterocycles. The van der Waals surface area contributed by atoms with E-state index in [1.54, 1.807) is 11.3 Å². The molecule has 0 fully saturated rings. The van der Waals surface area contributed by atoms with Gasteiger partial charge >= 0.3 is 0 Å². The summed E-state index contributed by atoms with van der Waals surface area (Å²) in [6.45, 7) is 6.83. The minimum absolute atomic E-state index is 0.0824. The van der Waals surface area contributed by atoms with Crippen molar-refractivity contribution in [1.82, 2.24) is 4.98 Å². The molecule has 1 heterocycles. The molecule has 0 bridgehead atoms. The first-order chi connectivity index (χ1) is 7.44. The lowest BCUT2D eigenvalue weighted by Gasteiger charge is -2.18. The summed E-state index contributed by atoms with van der Waals surface area (Å²) in [5.74, 6) is 0. The van der Waals surface area contributed by atoms with Crippen LogP contribution in [0.2, 0.25) is 5.02 Å². The summed E-state index contributed by atoms with van der Waals surface area (Å²) >= 11 is 7.86. The van der Waals surface area contributed by atoms with E-state index in [2.05, 4.69) is 24.9 Å². The predicted octanol–water partition coefficient (Wildman–Crippen LogP) is 3.49. The minimum atomic E-state index is -0.0824. The van der Waals surface area contributed by atoms with Gasteiger partial charge in [0.25, 0.3) is 0 Å². The van der Waals surface area contributed by atoms with Crippen molar-refractivity contribution in [3.8, 4) is 0 Å². The average Bonchev–Trinajstić information content (AvgIpc) is 2.62. The summed E-state index contributed by atoms with van der Waals surface area (Å²) in [6, 6.07) is 4.07. The maximum Gasteiger partial charge on any atom is 0.101 e.